The van der Waals surface area contributed by atoms with Crippen molar-refractivity contribution in [3.63, 3.8) is 0 Å². The molecular weight excluding hydrogens is 470 g/mol. The monoisotopic (exact) mass is 499 g/mol. The van der Waals surface area contributed by atoms with Crippen molar-refractivity contribution >= 4 is 33.4 Å². The van der Waals surface area contributed by atoms with Gasteiger partial charge in [-0.2, -0.15) is 0 Å². The second-order valence-electron chi connectivity index (χ2n) is 10.4. The van der Waals surface area contributed by atoms with E-state index in [0.29, 0.717) is 12.2 Å². The van der Waals surface area contributed by atoms with Gasteiger partial charge in [0.15, 0.2) is 0 Å². The molecule has 38 heavy (non-hydrogen) atoms. The number of anilines is 1. The van der Waals surface area contributed by atoms with Crippen molar-refractivity contribution in [2.24, 2.45) is 0 Å². The third-order valence-electron chi connectivity index (χ3n) is 7.73. The van der Waals surface area contributed by atoms with Gasteiger partial charge in [-0.05, 0) is 72.0 Å². The van der Waals surface area contributed by atoms with Gasteiger partial charge in [0.25, 0.3) is 5.91 Å². The molecule has 1 saturated heterocycles. The fourth-order valence-corrected chi connectivity index (χ4v) is 5.55. The summed E-state index contributed by atoms with van der Waals surface area (Å²) in [5.74, 6) is 1.03. The van der Waals surface area contributed by atoms with E-state index < -0.39 is 0 Å². The minimum absolute atomic E-state index is 0.00163. The van der Waals surface area contributed by atoms with E-state index >= 15 is 0 Å². The van der Waals surface area contributed by atoms with Crippen molar-refractivity contribution < 1.29 is 4.79 Å². The summed E-state index contributed by atoms with van der Waals surface area (Å²) in [6, 6.07) is 25.2. The Kier molecular flexibility index (Phi) is 5.73. The van der Waals surface area contributed by atoms with E-state index in [1.54, 1.807) is 12.5 Å². The highest BCUT2D eigenvalue weighted by Gasteiger charge is 2.33. The molecule has 5 aromatic rings. The third kappa shape index (κ3) is 4.36. The molecule has 0 spiro atoms. The number of pyridine rings is 1. The van der Waals surface area contributed by atoms with E-state index in [9.17, 15) is 4.79 Å². The number of benzene rings is 3. The standard InChI is InChI=1S/C32H29N5O/c38-32(30-18-24-7-1-2-8-26(24)19-33-30)37(27-11-12-27)20-22-6-5-9-23(16-22)25-10-13-29-28(17-25)31(35-21-34-29)36-14-3-4-15-36/h1-2,5-10,13,16-19,21,27H,3-4,11-12,14-15,20H2. The quantitative estimate of drug-likeness (QED) is 0.276. The second-order valence-corrected chi connectivity index (χ2v) is 10.4. The lowest BCUT2D eigenvalue weighted by Crippen LogP contribution is -2.33. The van der Waals surface area contributed by atoms with Gasteiger partial charge < -0.3 is 9.80 Å². The molecule has 1 amide bonds. The topological polar surface area (TPSA) is 62.2 Å². The summed E-state index contributed by atoms with van der Waals surface area (Å²) in [5, 5.41) is 3.18. The zero-order valence-electron chi connectivity index (χ0n) is 21.3. The highest BCUT2D eigenvalue weighted by atomic mass is 16.2. The predicted molar refractivity (Wildman–Crippen MR) is 151 cm³/mol. The van der Waals surface area contributed by atoms with Crippen molar-refractivity contribution in [1.82, 2.24) is 19.9 Å². The Morgan fingerprint density at radius 2 is 1.66 bits per heavy atom. The molecule has 0 atom stereocenters. The van der Waals surface area contributed by atoms with Crippen LogP contribution in [0.25, 0.3) is 32.8 Å². The van der Waals surface area contributed by atoms with E-state index in [1.165, 1.54) is 12.8 Å². The number of amides is 1. The number of hydrogen-bond donors (Lipinski definition) is 0. The van der Waals surface area contributed by atoms with Crippen LogP contribution in [0.15, 0.2) is 85.3 Å². The van der Waals surface area contributed by atoms with Gasteiger partial charge in [-0.3, -0.25) is 9.78 Å². The summed E-state index contributed by atoms with van der Waals surface area (Å²) in [6.45, 7) is 2.66. The maximum Gasteiger partial charge on any atom is 0.273 e. The maximum atomic E-state index is 13.6. The first-order chi connectivity index (χ1) is 18.7. The predicted octanol–water partition coefficient (Wildman–Crippen LogP) is 6.25. The Morgan fingerprint density at radius 1 is 0.842 bits per heavy atom. The summed E-state index contributed by atoms with van der Waals surface area (Å²) in [6.07, 6.45) is 7.97. The SMILES string of the molecule is O=C(c1cc2ccccc2cn1)N(Cc1cccc(-c2ccc3ncnc(N4CCCC4)c3c2)c1)C1CC1. The Morgan fingerprint density at radius 3 is 2.50 bits per heavy atom. The van der Waals surface area contributed by atoms with E-state index in [2.05, 4.69) is 62.3 Å². The van der Waals surface area contributed by atoms with E-state index in [4.69, 9.17) is 0 Å². The van der Waals surface area contributed by atoms with Gasteiger partial charge in [-0.15, -0.1) is 0 Å². The molecule has 7 rings (SSSR count). The number of nitrogens with zero attached hydrogens (tertiary/aromatic N) is 5. The van der Waals surface area contributed by atoms with Crippen molar-refractivity contribution in [1.29, 1.82) is 0 Å². The van der Waals surface area contributed by atoms with Gasteiger partial charge in [0.2, 0.25) is 0 Å². The van der Waals surface area contributed by atoms with E-state index in [0.717, 1.165) is 70.1 Å². The molecule has 3 aromatic carbocycles. The Bertz CT molecular complexity index is 1660. The van der Waals surface area contributed by atoms with Crippen LogP contribution in [0.2, 0.25) is 0 Å². The van der Waals surface area contributed by atoms with Gasteiger partial charge in [0, 0.05) is 42.6 Å². The number of fused-ring (bicyclic) bond motifs is 2. The molecular formula is C32H29N5O. The van der Waals surface area contributed by atoms with Crippen molar-refractivity contribution in [3.05, 3.63) is 96.6 Å². The number of rotatable bonds is 6. The van der Waals surface area contributed by atoms with Crippen molar-refractivity contribution in [2.75, 3.05) is 18.0 Å². The molecule has 6 heteroatoms. The van der Waals surface area contributed by atoms with Crippen LogP contribution < -0.4 is 4.90 Å². The zero-order chi connectivity index (χ0) is 25.5. The molecule has 1 aliphatic carbocycles. The molecule has 188 valence electrons. The molecule has 6 nitrogen and oxygen atoms in total. The van der Waals surface area contributed by atoms with Crippen LogP contribution in [0.4, 0.5) is 5.82 Å². The van der Waals surface area contributed by atoms with Crippen LogP contribution in [0.3, 0.4) is 0 Å². The molecule has 0 bridgehead atoms. The van der Waals surface area contributed by atoms with Crippen LogP contribution in [0.5, 0.6) is 0 Å². The number of carbonyl (C=O) groups is 1. The fourth-order valence-electron chi connectivity index (χ4n) is 5.55. The van der Waals surface area contributed by atoms with Crippen LogP contribution >= 0.6 is 0 Å². The van der Waals surface area contributed by atoms with E-state index in [-0.39, 0.29) is 11.9 Å². The van der Waals surface area contributed by atoms with Gasteiger partial charge >= 0.3 is 0 Å². The average molecular weight is 500 g/mol. The lowest BCUT2D eigenvalue weighted by molar-refractivity contribution is 0.0724. The molecule has 0 unspecified atom stereocenters. The Balaban J connectivity index is 1.18. The summed E-state index contributed by atoms with van der Waals surface area (Å²) in [4.78, 5) is 31.6. The molecule has 1 saturated carbocycles. The van der Waals surface area contributed by atoms with Gasteiger partial charge in [0.05, 0.1) is 5.52 Å². The van der Waals surface area contributed by atoms with E-state index in [1.807, 2.05) is 35.2 Å². The highest BCUT2D eigenvalue weighted by Crippen LogP contribution is 2.33. The van der Waals surface area contributed by atoms with Gasteiger partial charge in [0.1, 0.15) is 17.8 Å². The molecule has 3 heterocycles. The number of hydrogen-bond acceptors (Lipinski definition) is 5. The summed E-state index contributed by atoms with van der Waals surface area (Å²) >= 11 is 0. The van der Waals surface area contributed by atoms with Crippen molar-refractivity contribution in [3.8, 4) is 11.1 Å². The minimum Gasteiger partial charge on any atom is -0.356 e. The maximum absolute atomic E-state index is 13.6. The molecule has 0 N–H and O–H groups in total. The average Bonchev–Trinajstić information content (AvgIpc) is 3.67. The normalized spacial score (nSPS) is 15.3. The molecule has 2 aliphatic rings. The minimum atomic E-state index is 0.00163. The first-order valence-corrected chi connectivity index (χ1v) is 13.5. The summed E-state index contributed by atoms with van der Waals surface area (Å²) < 4.78 is 0. The van der Waals surface area contributed by atoms with Crippen LogP contribution in [-0.4, -0.2) is 44.9 Å². The highest BCUT2D eigenvalue weighted by molar-refractivity contribution is 5.97. The van der Waals surface area contributed by atoms with Gasteiger partial charge in [-0.1, -0.05) is 48.5 Å². The first-order valence-electron chi connectivity index (χ1n) is 13.5. The lowest BCUT2D eigenvalue weighted by atomic mass is 10.0. The Hall–Kier alpha value is -4.32. The Labute approximate surface area is 222 Å². The largest absolute Gasteiger partial charge is 0.356 e. The third-order valence-corrected chi connectivity index (χ3v) is 7.73. The molecule has 1 aliphatic heterocycles. The smallest absolute Gasteiger partial charge is 0.273 e. The lowest BCUT2D eigenvalue weighted by Gasteiger charge is -2.23. The molecule has 2 fully saturated rings. The van der Waals surface area contributed by atoms with Crippen LogP contribution in [-0.2, 0) is 6.54 Å². The first kappa shape index (κ1) is 22.8. The summed E-state index contributed by atoms with van der Waals surface area (Å²) in [5.41, 5.74) is 4.86. The number of carbonyl (C=O) groups excluding carboxylic acids is 1. The van der Waals surface area contributed by atoms with Gasteiger partial charge in [-0.25, -0.2) is 9.97 Å². The number of aromatic nitrogens is 3. The summed E-state index contributed by atoms with van der Waals surface area (Å²) in [7, 11) is 0. The van der Waals surface area contributed by atoms with Crippen molar-refractivity contribution in [2.45, 2.75) is 38.3 Å². The van der Waals surface area contributed by atoms with Crippen LogP contribution in [0, 0.1) is 0 Å². The molecule has 0 radical (unpaired) electrons. The molecule has 2 aromatic heterocycles. The second kappa shape index (κ2) is 9.53. The fraction of sp³-hybridized carbons (Fsp3) is 0.250. The van der Waals surface area contributed by atoms with Crippen LogP contribution in [0.1, 0.15) is 41.7 Å². The zero-order valence-corrected chi connectivity index (χ0v) is 21.3.